The lowest BCUT2D eigenvalue weighted by Gasteiger charge is -2.13. The number of fused-ring (bicyclic) bond motifs is 1. The number of phenolic OH excluding ortho intramolecular Hbond substituents is 1. The molecule has 1 aromatic heterocycles. The summed E-state index contributed by atoms with van der Waals surface area (Å²) in [6.45, 7) is -0.110. The van der Waals surface area contributed by atoms with Crippen LogP contribution in [0.5, 0.6) is 23.1 Å². The van der Waals surface area contributed by atoms with E-state index in [9.17, 15) is 65.0 Å². The van der Waals surface area contributed by atoms with Crippen LogP contribution in [0.15, 0.2) is 124 Å². The van der Waals surface area contributed by atoms with Crippen molar-refractivity contribution in [3.05, 3.63) is 90.1 Å². The van der Waals surface area contributed by atoms with E-state index in [0.717, 1.165) is 28.9 Å². The van der Waals surface area contributed by atoms with E-state index in [-0.39, 0.29) is 85.1 Å². The molecule has 8 N–H and O–H groups in total. The minimum Gasteiger partial charge on any atom is -0.505 e. The second-order valence-electron chi connectivity index (χ2n) is 12.9. The number of aliphatic hydroxyl groups is 2. The zero-order chi connectivity index (χ0) is 46.5. The maximum absolute atomic E-state index is 12.6. The molecule has 0 spiro atoms. The van der Waals surface area contributed by atoms with Crippen LogP contribution >= 0.6 is 0 Å². The highest BCUT2D eigenvalue weighted by molar-refractivity contribution is 7.86. The first-order chi connectivity index (χ1) is 30.3. The number of aryl methyl sites for hydroxylation is 1. The van der Waals surface area contributed by atoms with E-state index < -0.39 is 78.3 Å². The molecule has 0 fully saturated rings. The van der Waals surface area contributed by atoms with Gasteiger partial charge >= 0.3 is 5.97 Å². The van der Waals surface area contributed by atoms with Crippen LogP contribution in [-0.2, 0) is 31.3 Å². The van der Waals surface area contributed by atoms with Gasteiger partial charge in [0.1, 0.15) is 47.5 Å². The van der Waals surface area contributed by atoms with Crippen molar-refractivity contribution in [2.45, 2.75) is 21.6 Å². The maximum Gasteiger partial charge on any atom is 0.338 e. The SMILES string of the molecule is Cc1nn(-c2ccc3cc(S(=O)O)c(N=Nc4cc(OCCO)c(N=Nc5ccc(S(=O)(=O)O)cc5C(=O)O)cc4OCCO)c(O)c3c2)c(O)c1N=Nc1ccc(S(=O)(=O)O)cc1. The Balaban J connectivity index is 1.40. The van der Waals surface area contributed by atoms with Gasteiger partial charge in [-0.05, 0) is 73.0 Å². The molecule has 64 heavy (non-hydrogen) atoms. The largest absolute Gasteiger partial charge is 0.505 e. The molecule has 27 heteroatoms. The summed E-state index contributed by atoms with van der Waals surface area (Å²) in [5, 5.41) is 80.0. The molecule has 6 rings (SSSR count). The molecule has 24 nitrogen and oxygen atoms in total. The Labute approximate surface area is 362 Å². The number of nitrogens with zero attached hydrogens (tertiary/aromatic N) is 8. The Morgan fingerprint density at radius 3 is 1.84 bits per heavy atom. The highest BCUT2D eigenvalue weighted by Gasteiger charge is 2.22. The van der Waals surface area contributed by atoms with Crippen LogP contribution < -0.4 is 9.47 Å². The normalized spacial score (nSPS) is 12.8. The second-order valence-corrected chi connectivity index (χ2v) is 16.6. The Kier molecular flexibility index (Phi) is 13.8. The van der Waals surface area contributed by atoms with Gasteiger partial charge in [0.25, 0.3) is 20.2 Å². The number of ether oxygens (including phenoxy) is 2. The first-order valence-corrected chi connectivity index (χ1v) is 21.8. The van der Waals surface area contributed by atoms with Crippen LogP contribution in [-0.4, -0.2) is 102 Å². The topological polar surface area (TPSA) is 375 Å². The number of rotatable bonds is 17. The molecule has 0 bridgehead atoms. The van der Waals surface area contributed by atoms with Gasteiger partial charge in [0.15, 0.2) is 22.5 Å². The van der Waals surface area contributed by atoms with E-state index in [2.05, 4.69) is 35.8 Å². The van der Waals surface area contributed by atoms with Crippen LogP contribution in [0.3, 0.4) is 0 Å². The van der Waals surface area contributed by atoms with Crippen LogP contribution in [0.2, 0.25) is 0 Å². The second kappa shape index (κ2) is 19.1. The number of phenols is 1. The number of carboxylic acid groups (broad SMARTS) is 1. The third-order valence-corrected chi connectivity index (χ3v) is 11.0. The van der Waals surface area contributed by atoms with Crippen molar-refractivity contribution in [2.24, 2.45) is 30.7 Å². The highest BCUT2D eigenvalue weighted by atomic mass is 32.2. The third-order valence-electron chi connectivity index (χ3n) is 8.63. The average Bonchev–Trinajstić information content (AvgIpc) is 3.54. The van der Waals surface area contributed by atoms with E-state index in [0.29, 0.717) is 6.07 Å². The van der Waals surface area contributed by atoms with Crippen molar-refractivity contribution in [1.82, 2.24) is 9.78 Å². The predicted molar refractivity (Wildman–Crippen MR) is 222 cm³/mol. The monoisotopic (exact) mass is 940 g/mol. The van der Waals surface area contributed by atoms with Crippen molar-refractivity contribution < 1.29 is 74.5 Å². The maximum atomic E-state index is 12.6. The summed E-state index contributed by atoms with van der Waals surface area (Å²) >= 11 is -2.76. The van der Waals surface area contributed by atoms with Gasteiger partial charge in [0.2, 0.25) is 5.88 Å². The lowest BCUT2D eigenvalue weighted by atomic mass is 10.1. The summed E-state index contributed by atoms with van der Waals surface area (Å²) in [5.41, 5.74) is -1.35. The van der Waals surface area contributed by atoms with Crippen LogP contribution in [0.1, 0.15) is 16.1 Å². The van der Waals surface area contributed by atoms with Crippen molar-refractivity contribution in [1.29, 1.82) is 0 Å². The zero-order valence-electron chi connectivity index (χ0n) is 32.5. The Morgan fingerprint density at radius 2 is 1.28 bits per heavy atom. The van der Waals surface area contributed by atoms with E-state index in [1.807, 2.05) is 0 Å². The Bertz CT molecular complexity index is 3140. The van der Waals surface area contributed by atoms with Gasteiger partial charge in [0.05, 0.1) is 50.5 Å². The molecule has 0 aliphatic carbocycles. The number of aromatic carboxylic acids is 1. The van der Waals surface area contributed by atoms with Crippen LogP contribution in [0, 0.1) is 6.92 Å². The van der Waals surface area contributed by atoms with Gasteiger partial charge < -0.3 is 39.6 Å². The first kappa shape index (κ1) is 46.4. The van der Waals surface area contributed by atoms with E-state index in [1.165, 1.54) is 55.5 Å². The van der Waals surface area contributed by atoms with E-state index >= 15 is 0 Å². The van der Waals surface area contributed by atoms with Gasteiger partial charge in [-0.25, -0.2) is 9.00 Å². The van der Waals surface area contributed by atoms with Gasteiger partial charge in [-0.3, -0.25) is 9.11 Å². The van der Waals surface area contributed by atoms with Crippen molar-refractivity contribution in [2.75, 3.05) is 26.4 Å². The number of aliphatic hydroxyl groups excluding tert-OH is 2. The predicted octanol–water partition coefficient (Wildman–Crippen LogP) is 6.51. The first-order valence-electron chi connectivity index (χ1n) is 17.8. The minimum atomic E-state index is -4.77. The van der Waals surface area contributed by atoms with E-state index in [4.69, 9.17) is 9.47 Å². The van der Waals surface area contributed by atoms with Crippen molar-refractivity contribution in [3.63, 3.8) is 0 Å². The summed E-state index contributed by atoms with van der Waals surface area (Å²) in [4.78, 5) is 10.4. The van der Waals surface area contributed by atoms with Crippen LogP contribution in [0.4, 0.5) is 34.1 Å². The Hall–Kier alpha value is -7.11. The number of azo groups is 3. The molecule has 334 valence electrons. The zero-order valence-corrected chi connectivity index (χ0v) is 34.9. The van der Waals surface area contributed by atoms with Gasteiger partial charge in [-0.2, -0.15) is 31.7 Å². The number of aromatic nitrogens is 2. The smallest absolute Gasteiger partial charge is 0.338 e. The Morgan fingerprint density at radius 1 is 0.719 bits per heavy atom. The summed E-state index contributed by atoms with van der Waals surface area (Å²) in [6.07, 6.45) is 0. The number of hydrogen-bond donors (Lipinski definition) is 8. The summed E-state index contributed by atoms with van der Waals surface area (Å²) in [5.74, 6) is -3.06. The average molecular weight is 941 g/mol. The number of carbonyl (C=O) groups is 1. The molecule has 6 aromatic rings. The highest BCUT2D eigenvalue weighted by Crippen LogP contribution is 2.45. The molecule has 0 aliphatic rings. The minimum absolute atomic E-state index is 0.0418. The van der Waals surface area contributed by atoms with Gasteiger partial charge in [-0.1, -0.05) is 6.07 Å². The third kappa shape index (κ3) is 10.4. The van der Waals surface area contributed by atoms with Crippen LogP contribution in [0.25, 0.3) is 16.5 Å². The molecule has 1 heterocycles. The molecule has 0 saturated heterocycles. The fraction of sp³-hybridized carbons (Fsp3) is 0.135. The molecule has 0 aliphatic heterocycles. The molecule has 1 unspecified atom stereocenters. The molecule has 0 radical (unpaired) electrons. The van der Waals surface area contributed by atoms with Gasteiger partial charge in [0, 0.05) is 17.5 Å². The van der Waals surface area contributed by atoms with Crippen molar-refractivity contribution in [3.8, 4) is 28.8 Å². The molecular formula is C37H32N8O16S3. The lowest BCUT2D eigenvalue weighted by molar-refractivity contribution is 0.0697. The number of aromatic hydroxyl groups is 2. The number of hydrogen-bond acceptors (Lipinski definition) is 19. The van der Waals surface area contributed by atoms with Crippen molar-refractivity contribution >= 4 is 82.2 Å². The molecule has 1 atom stereocenters. The molecule has 0 saturated carbocycles. The quantitative estimate of drug-likeness (QED) is 0.0274. The number of benzene rings is 5. The lowest BCUT2D eigenvalue weighted by Crippen LogP contribution is -2.04. The molecule has 5 aromatic carbocycles. The molecule has 0 amide bonds. The fourth-order valence-corrected chi connectivity index (χ4v) is 7.19. The summed E-state index contributed by atoms with van der Waals surface area (Å²) < 4.78 is 99.5. The number of carboxylic acids is 1. The summed E-state index contributed by atoms with van der Waals surface area (Å²) in [7, 11) is -9.21. The standard InChI is InChI=1S/C37H32N8O16S3/c1-19-33(42-38-21-3-6-23(7-4-21)63(54,55)56)36(49)45(44-19)22-5-2-20-14-32(62(52)53)34(35(48)25(20)15-22)43-41-29-18-30(60-12-10-46)28(17-31(29)61-13-11-47)40-39-27-9-8-24(64(57,58)59)16-26(27)37(50)51/h2-9,14-18,46-49H,10-13H2,1H3,(H,50,51)(H,52,53)(H,54,55,56)(H,57,58,59). The summed E-state index contributed by atoms with van der Waals surface area (Å²) in [6, 6.07) is 15.2. The molecular weight excluding hydrogens is 909 g/mol. The van der Waals surface area contributed by atoms with Gasteiger partial charge in [-0.15, -0.1) is 25.6 Å². The van der Waals surface area contributed by atoms with E-state index in [1.54, 1.807) is 0 Å². The fourth-order valence-electron chi connectivity index (χ4n) is 5.67.